The van der Waals surface area contributed by atoms with E-state index >= 15 is 0 Å². The number of hydrogen-bond acceptors (Lipinski definition) is 0. The topological polar surface area (TPSA) is 0 Å². The van der Waals surface area contributed by atoms with E-state index < -0.39 is 8.07 Å². The number of rotatable bonds is 4. The van der Waals surface area contributed by atoms with Crippen molar-refractivity contribution in [3.63, 3.8) is 0 Å². The minimum atomic E-state index is -1.09. The van der Waals surface area contributed by atoms with Crippen molar-refractivity contribution in [1.82, 2.24) is 0 Å². The van der Waals surface area contributed by atoms with Crippen molar-refractivity contribution in [1.29, 1.82) is 0 Å². The van der Waals surface area contributed by atoms with Gasteiger partial charge in [-0.2, -0.15) is 0 Å². The van der Waals surface area contributed by atoms with Gasteiger partial charge >= 0.3 is 0 Å². The summed E-state index contributed by atoms with van der Waals surface area (Å²) in [6.07, 6.45) is 5.58. The summed E-state index contributed by atoms with van der Waals surface area (Å²) in [6.45, 7) is 9.35. The molecule has 0 atom stereocenters. The fourth-order valence-electron chi connectivity index (χ4n) is 1.59. The van der Waals surface area contributed by atoms with E-state index in [9.17, 15) is 0 Å². The molecule has 0 fully saturated rings. The van der Waals surface area contributed by atoms with Crippen LogP contribution in [0.1, 0.15) is 18.9 Å². The third-order valence-corrected chi connectivity index (χ3v) is 3.55. The van der Waals surface area contributed by atoms with Crippen LogP contribution >= 0.6 is 0 Å². The summed E-state index contributed by atoms with van der Waals surface area (Å²) >= 11 is 0. The summed E-state index contributed by atoms with van der Waals surface area (Å²) in [5.74, 6) is 0. The van der Waals surface area contributed by atoms with Crippen molar-refractivity contribution < 1.29 is 0 Å². The maximum absolute atomic E-state index is 2.48. The monoisotopic (exact) mass is 230 g/mol. The molecule has 1 aromatic rings. The average Bonchev–Trinajstić information content (AvgIpc) is 2.24. The molecule has 0 heterocycles. The molecule has 0 radical (unpaired) electrons. The zero-order valence-electron chi connectivity index (χ0n) is 10.8. The SMILES string of the molecule is CCC(/C=C/c1ccccc1)=C\[Si](C)(C)C. The molecule has 0 nitrogen and oxygen atoms in total. The Kier molecular flexibility index (Phi) is 4.75. The van der Waals surface area contributed by atoms with Crippen LogP contribution in [0.5, 0.6) is 0 Å². The van der Waals surface area contributed by atoms with Crippen molar-refractivity contribution in [2.45, 2.75) is 33.0 Å². The molecule has 0 saturated heterocycles. The maximum atomic E-state index is 2.48. The van der Waals surface area contributed by atoms with Gasteiger partial charge in [0.2, 0.25) is 0 Å². The second kappa shape index (κ2) is 5.85. The Labute approximate surface area is 101 Å². The minimum Gasteiger partial charge on any atom is -0.0919 e. The highest BCUT2D eigenvalue weighted by Crippen LogP contribution is 2.13. The molecule has 0 N–H and O–H groups in total. The number of hydrogen-bond donors (Lipinski definition) is 0. The van der Waals surface area contributed by atoms with Crippen LogP contribution in [0.2, 0.25) is 19.6 Å². The zero-order valence-corrected chi connectivity index (χ0v) is 11.8. The van der Waals surface area contributed by atoms with E-state index in [0.29, 0.717) is 0 Å². The van der Waals surface area contributed by atoms with Crippen LogP contribution in [-0.2, 0) is 0 Å². The van der Waals surface area contributed by atoms with Crippen LogP contribution < -0.4 is 0 Å². The van der Waals surface area contributed by atoms with Gasteiger partial charge in [0.05, 0.1) is 8.07 Å². The van der Waals surface area contributed by atoms with Crippen molar-refractivity contribution in [2.24, 2.45) is 0 Å². The molecule has 1 rings (SSSR count). The lowest BCUT2D eigenvalue weighted by Crippen LogP contribution is -2.16. The van der Waals surface area contributed by atoms with E-state index in [1.807, 2.05) is 0 Å². The smallest absolute Gasteiger partial charge is 0.0690 e. The van der Waals surface area contributed by atoms with Crippen LogP contribution in [0.25, 0.3) is 6.08 Å². The first kappa shape index (κ1) is 13.0. The molecule has 0 aromatic heterocycles. The second-order valence-corrected chi connectivity index (χ2v) is 10.2. The van der Waals surface area contributed by atoms with Gasteiger partial charge in [0.1, 0.15) is 0 Å². The lowest BCUT2D eigenvalue weighted by atomic mass is 10.1. The maximum Gasteiger partial charge on any atom is 0.0690 e. The van der Waals surface area contributed by atoms with Gasteiger partial charge in [-0.3, -0.25) is 0 Å². The molecule has 1 aromatic carbocycles. The van der Waals surface area contributed by atoms with E-state index in [0.717, 1.165) is 6.42 Å². The normalized spacial score (nSPS) is 13.4. The third kappa shape index (κ3) is 5.13. The number of benzene rings is 1. The molecule has 0 aliphatic carbocycles. The standard InChI is InChI=1S/C15H22Si/c1-5-14(13-16(2,3)4)11-12-15-9-7-6-8-10-15/h6-13H,5H2,1-4H3/b12-11+,14-13+. The third-order valence-electron chi connectivity index (χ3n) is 2.32. The lowest BCUT2D eigenvalue weighted by Gasteiger charge is -2.11. The van der Waals surface area contributed by atoms with Crippen LogP contribution in [0, 0.1) is 0 Å². The van der Waals surface area contributed by atoms with E-state index in [4.69, 9.17) is 0 Å². The highest BCUT2D eigenvalue weighted by Gasteiger charge is 2.08. The highest BCUT2D eigenvalue weighted by atomic mass is 28.3. The molecule has 0 spiro atoms. The van der Waals surface area contributed by atoms with E-state index in [2.05, 4.69) is 74.7 Å². The Morgan fingerprint density at radius 2 is 1.75 bits per heavy atom. The van der Waals surface area contributed by atoms with Gasteiger partial charge < -0.3 is 0 Å². The fraction of sp³-hybridized carbons (Fsp3) is 0.333. The molecule has 0 saturated carbocycles. The van der Waals surface area contributed by atoms with E-state index in [1.54, 1.807) is 0 Å². The van der Waals surface area contributed by atoms with Crippen molar-refractivity contribution in [3.05, 3.63) is 53.2 Å². The minimum absolute atomic E-state index is 1.09. The second-order valence-electron chi connectivity index (χ2n) is 5.18. The Bertz CT molecular complexity index is 366. The predicted octanol–water partition coefficient (Wildman–Crippen LogP) is 4.91. The van der Waals surface area contributed by atoms with Crippen molar-refractivity contribution in [2.75, 3.05) is 0 Å². The molecule has 16 heavy (non-hydrogen) atoms. The molecular weight excluding hydrogens is 208 g/mol. The molecule has 0 amide bonds. The Morgan fingerprint density at radius 1 is 1.12 bits per heavy atom. The van der Waals surface area contributed by atoms with Crippen LogP contribution in [-0.4, -0.2) is 8.07 Å². The molecule has 0 bridgehead atoms. The summed E-state index contributed by atoms with van der Waals surface area (Å²) in [5, 5.41) is 0. The van der Waals surface area contributed by atoms with E-state index in [-0.39, 0.29) is 0 Å². The van der Waals surface area contributed by atoms with Gasteiger partial charge in [0.15, 0.2) is 0 Å². The summed E-state index contributed by atoms with van der Waals surface area (Å²) < 4.78 is 0. The van der Waals surface area contributed by atoms with Crippen molar-refractivity contribution in [3.8, 4) is 0 Å². The summed E-state index contributed by atoms with van der Waals surface area (Å²) in [5.41, 5.74) is 5.22. The van der Waals surface area contributed by atoms with Gasteiger partial charge in [0.25, 0.3) is 0 Å². The molecule has 86 valence electrons. The molecule has 0 aliphatic rings. The van der Waals surface area contributed by atoms with Crippen LogP contribution in [0.4, 0.5) is 0 Å². The molecule has 0 unspecified atom stereocenters. The fourth-order valence-corrected chi connectivity index (χ4v) is 3.00. The first-order valence-corrected chi connectivity index (χ1v) is 9.54. The molecule has 0 aliphatic heterocycles. The molecule has 1 heteroatoms. The molecular formula is C15H22Si. The van der Waals surface area contributed by atoms with Gasteiger partial charge in [-0.05, 0) is 12.0 Å². The quantitative estimate of drug-likeness (QED) is 0.509. The Balaban J connectivity index is 2.79. The van der Waals surface area contributed by atoms with Gasteiger partial charge in [-0.15, -0.1) is 0 Å². The van der Waals surface area contributed by atoms with Crippen molar-refractivity contribution >= 4 is 14.1 Å². The summed E-state index contributed by atoms with van der Waals surface area (Å²) in [7, 11) is -1.09. The first-order chi connectivity index (χ1) is 7.51. The average molecular weight is 230 g/mol. The first-order valence-electron chi connectivity index (χ1n) is 5.96. The summed E-state index contributed by atoms with van der Waals surface area (Å²) in [6, 6.07) is 10.5. The van der Waals surface area contributed by atoms with Gasteiger partial charge in [0, 0.05) is 0 Å². The number of allylic oxidation sites excluding steroid dienone is 2. The summed E-state index contributed by atoms with van der Waals surface area (Å²) in [4.78, 5) is 0. The predicted molar refractivity (Wildman–Crippen MR) is 77.2 cm³/mol. The highest BCUT2D eigenvalue weighted by molar-refractivity contribution is 6.81. The van der Waals surface area contributed by atoms with Crippen LogP contribution in [0.15, 0.2) is 47.7 Å². The zero-order chi connectivity index (χ0) is 12.0. The Hall–Kier alpha value is -1.08. The largest absolute Gasteiger partial charge is 0.0919 e. The van der Waals surface area contributed by atoms with Gasteiger partial charge in [-0.1, -0.05) is 80.3 Å². The lowest BCUT2D eigenvalue weighted by molar-refractivity contribution is 1.15. The van der Waals surface area contributed by atoms with Crippen LogP contribution in [0.3, 0.4) is 0 Å². The Morgan fingerprint density at radius 3 is 2.25 bits per heavy atom. The van der Waals surface area contributed by atoms with E-state index in [1.165, 1.54) is 11.1 Å². The van der Waals surface area contributed by atoms with Gasteiger partial charge in [-0.25, -0.2) is 0 Å².